The molecule has 2 N–H and O–H groups in total. The average Bonchev–Trinajstić information content (AvgIpc) is 2.63. The van der Waals surface area contributed by atoms with Crippen LogP contribution in [0.5, 0.6) is 0 Å². The summed E-state index contributed by atoms with van der Waals surface area (Å²) < 4.78 is 0. The van der Waals surface area contributed by atoms with Crippen LogP contribution < -0.4 is 10.6 Å². The van der Waals surface area contributed by atoms with E-state index in [1.807, 2.05) is 0 Å². The first kappa shape index (κ1) is 11.0. The van der Waals surface area contributed by atoms with Gasteiger partial charge in [-0.3, -0.25) is 14.9 Å². The summed E-state index contributed by atoms with van der Waals surface area (Å²) in [6.07, 6.45) is 0. The standard InChI is InChI=1S/C9H11N3O3S/c13-9(11-5-6-3-10-4-6)7-1-2-8(16-7)12(14)15/h1-2,6,10H,3-5H2,(H,11,13). The Morgan fingerprint density at radius 3 is 2.88 bits per heavy atom. The van der Waals surface area contributed by atoms with Crippen molar-refractivity contribution in [1.29, 1.82) is 0 Å². The number of rotatable bonds is 4. The molecule has 1 aliphatic rings. The van der Waals surface area contributed by atoms with Gasteiger partial charge in [0, 0.05) is 31.6 Å². The SMILES string of the molecule is O=C(NCC1CNC1)c1ccc([N+](=O)[O-])s1. The quantitative estimate of drug-likeness (QED) is 0.597. The van der Waals surface area contributed by atoms with Crippen LogP contribution in [-0.4, -0.2) is 30.5 Å². The fourth-order valence-electron chi connectivity index (χ4n) is 1.36. The van der Waals surface area contributed by atoms with Gasteiger partial charge in [0.1, 0.15) is 0 Å². The maximum absolute atomic E-state index is 11.6. The number of carbonyl (C=O) groups is 1. The largest absolute Gasteiger partial charge is 0.351 e. The lowest BCUT2D eigenvalue weighted by Crippen LogP contribution is -2.48. The van der Waals surface area contributed by atoms with Crippen molar-refractivity contribution < 1.29 is 9.72 Å². The van der Waals surface area contributed by atoms with Gasteiger partial charge in [-0.05, 0) is 6.07 Å². The van der Waals surface area contributed by atoms with E-state index in [1.165, 1.54) is 12.1 Å². The molecule has 0 bridgehead atoms. The fraction of sp³-hybridized carbons (Fsp3) is 0.444. The van der Waals surface area contributed by atoms with Gasteiger partial charge in [0.05, 0.1) is 9.80 Å². The Kier molecular flexibility index (Phi) is 3.16. The molecule has 1 aromatic rings. The summed E-state index contributed by atoms with van der Waals surface area (Å²) in [5, 5.41) is 16.3. The predicted octanol–water partition coefficient (Wildman–Crippen LogP) is 0.606. The number of nitrogens with zero attached hydrogens (tertiary/aromatic N) is 1. The molecule has 2 rings (SSSR count). The van der Waals surface area contributed by atoms with Crippen LogP contribution in [0, 0.1) is 16.0 Å². The Hall–Kier alpha value is -1.47. The average molecular weight is 241 g/mol. The van der Waals surface area contributed by atoms with Crippen molar-refractivity contribution in [2.45, 2.75) is 0 Å². The highest BCUT2D eigenvalue weighted by molar-refractivity contribution is 7.17. The summed E-state index contributed by atoms with van der Waals surface area (Å²) in [5.41, 5.74) is 0. The Labute approximate surface area is 95.8 Å². The monoisotopic (exact) mass is 241 g/mol. The van der Waals surface area contributed by atoms with Gasteiger partial charge in [0.15, 0.2) is 0 Å². The third-order valence-corrected chi connectivity index (χ3v) is 3.45. The van der Waals surface area contributed by atoms with E-state index in [2.05, 4.69) is 10.6 Å². The molecule has 6 nitrogen and oxygen atoms in total. The van der Waals surface area contributed by atoms with Crippen LogP contribution in [-0.2, 0) is 0 Å². The van der Waals surface area contributed by atoms with Gasteiger partial charge in [-0.2, -0.15) is 0 Å². The van der Waals surface area contributed by atoms with Gasteiger partial charge in [-0.1, -0.05) is 11.3 Å². The van der Waals surface area contributed by atoms with E-state index in [-0.39, 0.29) is 10.9 Å². The molecule has 0 atom stereocenters. The number of nitrogens with one attached hydrogen (secondary N) is 2. The first-order valence-corrected chi connectivity index (χ1v) is 5.71. The molecule has 1 aliphatic heterocycles. The maximum Gasteiger partial charge on any atom is 0.324 e. The molecule has 0 aromatic carbocycles. The van der Waals surface area contributed by atoms with Gasteiger partial charge in [-0.25, -0.2) is 0 Å². The van der Waals surface area contributed by atoms with Crippen LogP contribution in [0.4, 0.5) is 5.00 Å². The number of thiophene rings is 1. The molecule has 1 aromatic heterocycles. The number of hydrogen-bond acceptors (Lipinski definition) is 5. The Bertz CT molecular complexity index is 414. The van der Waals surface area contributed by atoms with E-state index < -0.39 is 4.92 Å². The molecule has 1 fully saturated rings. The minimum Gasteiger partial charge on any atom is -0.351 e. The molecule has 0 radical (unpaired) electrons. The molecule has 1 amide bonds. The minimum atomic E-state index is -0.489. The molecule has 0 unspecified atom stereocenters. The minimum absolute atomic E-state index is 0.00420. The molecular weight excluding hydrogens is 230 g/mol. The molecule has 0 spiro atoms. The van der Waals surface area contributed by atoms with Crippen LogP contribution in [0.2, 0.25) is 0 Å². The van der Waals surface area contributed by atoms with E-state index in [1.54, 1.807) is 0 Å². The van der Waals surface area contributed by atoms with E-state index in [0.717, 1.165) is 24.4 Å². The number of amides is 1. The van der Waals surface area contributed by atoms with Crippen LogP contribution >= 0.6 is 11.3 Å². The predicted molar refractivity (Wildman–Crippen MR) is 59.7 cm³/mol. The molecule has 7 heteroatoms. The Balaban J connectivity index is 1.89. The van der Waals surface area contributed by atoms with Crippen molar-refractivity contribution in [3.05, 3.63) is 27.1 Å². The second-order valence-electron chi connectivity index (χ2n) is 3.63. The highest BCUT2D eigenvalue weighted by Gasteiger charge is 2.19. The topological polar surface area (TPSA) is 84.3 Å². The molecule has 2 heterocycles. The zero-order valence-electron chi connectivity index (χ0n) is 8.43. The van der Waals surface area contributed by atoms with Gasteiger partial charge >= 0.3 is 5.00 Å². The van der Waals surface area contributed by atoms with Crippen molar-refractivity contribution in [3.8, 4) is 0 Å². The lowest BCUT2D eigenvalue weighted by atomic mass is 10.0. The zero-order valence-corrected chi connectivity index (χ0v) is 9.25. The number of carbonyl (C=O) groups excluding carboxylic acids is 1. The van der Waals surface area contributed by atoms with Crippen LogP contribution in [0.25, 0.3) is 0 Å². The first-order chi connectivity index (χ1) is 7.66. The number of hydrogen-bond donors (Lipinski definition) is 2. The summed E-state index contributed by atoms with van der Waals surface area (Å²) >= 11 is 0.900. The van der Waals surface area contributed by atoms with Gasteiger partial charge < -0.3 is 10.6 Å². The third-order valence-electron chi connectivity index (χ3n) is 2.41. The molecule has 1 saturated heterocycles. The normalized spacial score (nSPS) is 15.5. The summed E-state index contributed by atoms with van der Waals surface area (Å²) in [7, 11) is 0. The van der Waals surface area contributed by atoms with Crippen LogP contribution in [0.1, 0.15) is 9.67 Å². The maximum atomic E-state index is 11.6. The third kappa shape index (κ3) is 2.37. The van der Waals surface area contributed by atoms with Crippen molar-refractivity contribution in [3.63, 3.8) is 0 Å². The zero-order chi connectivity index (χ0) is 11.5. The summed E-state index contributed by atoms with van der Waals surface area (Å²) in [4.78, 5) is 21.9. The lowest BCUT2D eigenvalue weighted by Gasteiger charge is -2.26. The van der Waals surface area contributed by atoms with Crippen molar-refractivity contribution in [1.82, 2.24) is 10.6 Å². The molecule has 16 heavy (non-hydrogen) atoms. The first-order valence-electron chi connectivity index (χ1n) is 4.90. The van der Waals surface area contributed by atoms with E-state index in [0.29, 0.717) is 17.3 Å². The lowest BCUT2D eigenvalue weighted by molar-refractivity contribution is -0.380. The smallest absolute Gasteiger partial charge is 0.324 e. The second-order valence-corrected chi connectivity index (χ2v) is 4.69. The van der Waals surface area contributed by atoms with Gasteiger partial charge in [-0.15, -0.1) is 0 Å². The van der Waals surface area contributed by atoms with E-state index >= 15 is 0 Å². The van der Waals surface area contributed by atoms with Crippen molar-refractivity contribution >= 4 is 22.2 Å². The summed E-state index contributed by atoms with van der Waals surface area (Å²) in [5.74, 6) is 0.254. The van der Waals surface area contributed by atoms with E-state index in [9.17, 15) is 14.9 Å². The molecule has 0 saturated carbocycles. The summed E-state index contributed by atoms with van der Waals surface area (Å²) in [6, 6.07) is 2.83. The Morgan fingerprint density at radius 1 is 1.62 bits per heavy atom. The van der Waals surface area contributed by atoms with Crippen LogP contribution in [0.15, 0.2) is 12.1 Å². The second kappa shape index (κ2) is 4.58. The van der Waals surface area contributed by atoms with Crippen molar-refractivity contribution in [2.75, 3.05) is 19.6 Å². The van der Waals surface area contributed by atoms with Crippen molar-refractivity contribution in [2.24, 2.45) is 5.92 Å². The van der Waals surface area contributed by atoms with E-state index in [4.69, 9.17) is 0 Å². The Morgan fingerprint density at radius 2 is 2.38 bits per heavy atom. The fourth-order valence-corrected chi connectivity index (χ4v) is 2.10. The molecule has 86 valence electrons. The van der Waals surface area contributed by atoms with Gasteiger partial charge in [0.25, 0.3) is 5.91 Å². The number of nitro groups is 1. The highest BCUT2D eigenvalue weighted by atomic mass is 32.1. The van der Waals surface area contributed by atoms with Gasteiger partial charge in [0.2, 0.25) is 0 Å². The highest BCUT2D eigenvalue weighted by Crippen LogP contribution is 2.23. The molecular formula is C9H11N3O3S. The molecule has 0 aliphatic carbocycles. The van der Waals surface area contributed by atoms with Crippen LogP contribution in [0.3, 0.4) is 0 Å². The summed E-state index contributed by atoms with van der Waals surface area (Å²) in [6.45, 7) is 2.47.